The normalized spacial score (nSPS) is 22.1. The summed E-state index contributed by atoms with van der Waals surface area (Å²) in [5.74, 6) is 0. The summed E-state index contributed by atoms with van der Waals surface area (Å²) >= 11 is 0. The average Bonchev–Trinajstić information content (AvgIpc) is 2.07. The summed E-state index contributed by atoms with van der Waals surface area (Å²) in [6, 6.07) is 0. The molecule has 0 saturated carbocycles. The summed E-state index contributed by atoms with van der Waals surface area (Å²) in [5, 5.41) is 0. The predicted molar refractivity (Wildman–Crippen MR) is 41.2 cm³/mol. The van der Waals surface area contributed by atoms with Crippen LogP contribution >= 0.6 is 0 Å². The second-order valence-electron chi connectivity index (χ2n) is 3.34. The first kappa shape index (κ1) is 8.33. The van der Waals surface area contributed by atoms with Crippen molar-refractivity contribution in [2.75, 3.05) is 19.6 Å². The third-order valence-electron chi connectivity index (χ3n) is 1.59. The highest BCUT2D eigenvalue weighted by molar-refractivity contribution is 5.70. The van der Waals surface area contributed by atoms with Crippen LogP contribution in [-0.2, 0) is 4.74 Å². The van der Waals surface area contributed by atoms with Crippen LogP contribution in [-0.4, -0.2) is 36.2 Å². The third kappa shape index (κ3) is 1.83. The molecule has 1 aliphatic rings. The highest BCUT2D eigenvalue weighted by atomic mass is 16.6. The highest BCUT2D eigenvalue weighted by Crippen LogP contribution is 2.20. The molecule has 1 rings (SSSR count). The minimum absolute atomic E-state index is 0.250. The van der Waals surface area contributed by atoms with Crippen molar-refractivity contribution in [2.24, 2.45) is 5.73 Å². The van der Waals surface area contributed by atoms with Crippen molar-refractivity contribution >= 4 is 6.09 Å². The van der Waals surface area contributed by atoms with E-state index in [0.29, 0.717) is 19.6 Å². The molecule has 0 spiro atoms. The Morgan fingerprint density at radius 1 is 1.73 bits per heavy atom. The Bertz CT molecular complexity index is 168. The summed E-state index contributed by atoms with van der Waals surface area (Å²) in [7, 11) is 0. The Kier molecular flexibility index (Phi) is 2.04. The molecular weight excluding hydrogens is 144 g/mol. The minimum atomic E-state index is -0.341. The molecule has 4 heteroatoms. The topological polar surface area (TPSA) is 55.6 Å². The molecule has 1 fully saturated rings. The maximum Gasteiger partial charge on any atom is 0.410 e. The van der Waals surface area contributed by atoms with Crippen LogP contribution in [0.15, 0.2) is 0 Å². The zero-order valence-corrected chi connectivity index (χ0v) is 6.96. The molecule has 1 saturated heterocycles. The van der Waals surface area contributed by atoms with Gasteiger partial charge in [-0.1, -0.05) is 0 Å². The van der Waals surface area contributed by atoms with Crippen LogP contribution < -0.4 is 5.73 Å². The molecule has 0 aromatic heterocycles. The van der Waals surface area contributed by atoms with Crippen LogP contribution in [0.2, 0.25) is 0 Å². The first-order valence-electron chi connectivity index (χ1n) is 3.73. The van der Waals surface area contributed by atoms with Crippen LogP contribution in [0.1, 0.15) is 13.8 Å². The van der Waals surface area contributed by atoms with E-state index in [0.717, 1.165) is 0 Å². The molecule has 0 unspecified atom stereocenters. The van der Waals surface area contributed by atoms with E-state index in [1.54, 1.807) is 4.90 Å². The van der Waals surface area contributed by atoms with Gasteiger partial charge in [0.25, 0.3) is 0 Å². The van der Waals surface area contributed by atoms with Crippen molar-refractivity contribution in [3.05, 3.63) is 0 Å². The van der Waals surface area contributed by atoms with Crippen LogP contribution in [0, 0.1) is 0 Å². The Balaban J connectivity index is 2.52. The lowest BCUT2D eigenvalue weighted by molar-refractivity contribution is 0.0859. The largest absolute Gasteiger partial charge is 0.441 e. The Labute approximate surface area is 66.3 Å². The van der Waals surface area contributed by atoms with Gasteiger partial charge >= 0.3 is 6.09 Å². The number of cyclic esters (lactones) is 1. The van der Waals surface area contributed by atoms with Gasteiger partial charge in [0.1, 0.15) is 5.60 Å². The zero-order chi connectivity index (χ0) is 8.48. The first-order chi connectivity index (χ1) is 5.05. The molecule has 1 aliphatic heterocycles. The Morgan fingerprint density at radius 2 is 2.36 bits per heavy atom. The van der Waals surface area contributed by atoms with Crippen molar-refractivity contribution < 1.29 is 9.53 Å². The molecule has 0 aromatic rings. The molecule has 0 radical (unpaired) electrons. The van der Waals surface area contributed by atoms with Gasteiger partial charge in [0.15, 0.2) is 0 Å². The van der Waals surface area contributed by atoms with E-state index in [2.05, 4.69) is 0 Å². The van der Waals surface area contributed by atoms with Crippen molar-refractivity contribution in [2.45, 2.75) is 19.4 Å². The standard InChI is InChI=1S/C7H14N2O2/c1-7(2)5-9(4-3-8)6(10)11-7/h3-5,8H2,1-2H3. The molecule has 1 amide bonds. The molecule has 0 aromatic carbocycles. The lowest BCUT2D eigenvalue weighted by Gasteiger charge is -2.14. The smallest absolute Gasteiger partial charge is 0.410 e. The second kappa shape index (κ2) is 2.70. The van der Waals surface area contributed by atoms with Crippen molar-refractivity contribution in [3.63, 3.8) is 0 Å². The number of rotatable bonds is 2. The van der Waals surface area contributed by atoms with E-state index in [1.807, 2.05) is 13.8 Å². The molecule has 64 valence electrons. The minimum Gasteiger partial charge on any atom is -0.441 e. The van der Waals surface area contributed by atoms with Gasteiger partial charge < -0.3 is 15.4 Å². The maximum atomic E-state index is 11.0. The maximum absolute atomic E-state index is 11.0. The molecule has 4 nitrogen and oxygen atoms in total. The highest BCUT2D eigenvalue weighted by Gasteiger charge is 2.36. The first-order valence-corrected chi connectivity index (χ1v) is 3.73. The number of nitrogens with two attached hydrogens (primary N) is 1. The van der Waals surface area contributed by atoms with Crippen LogP contribution in [0.4, 0.5) is 4.79 Å². The van der Waals surface area contributed by atoms with Crippen molar-refractivity contribution in [1.82, 2.24) is 4.90 Å². The molecule has 0 aliphatic carbocycles. The number of carbonyl (C=O) groups is 1. The average molecular weight is 158 g/mol. The number of hydrogen-bond acceptors (Lipinski definition) is 3. The molecule has 0 bridgehead atoms. The predicted octanol–water partition coefficient (Wildman–Crippen LogP) is 0.176. The molecule has 2 N–H and O–H groups in total. The number of ether oxygens (including phenoxy) is 1. The summed E-state index contributed by atoms with van der Waals surface area (Å²) in [5.41, 5.74) is 4.97. The quantitative estimate of drug-likeness (QED) is 0.623. The van der Waals surface area contributed by atoms with Gasteiger partial charge in [-0.2, -0.15) is 0 Å². The summed E-state index contributed by atoms with van der Waals surface area (Å²) in [6.07, 6.45) is -0.250. The molecule has 1 heterocycles. The van der Waals surface area contributed by atoms with Gasteiger partial charge in [-0.25, -0.2) is 4.79 Å². The number of nitrogens with zero attached hydrogens (tertiary/aromatic N) is 1. The van der Waals surface area contributed by atoms with Crippen LogP contribution in [0.5, 0.6) is 0 Å². The number of amides is 1. The monoisotopic (exact) mass is 158 g/mol. The Morgan fingerprint density at radius 3 is 2.73 bits per heavy atom. The van der Waals surface area contributed by atoms with Crippen LogP contribution in [0.3, 0.4) is 0 Å². The lowest BCUT2D eigenvalue weighted by Crippen LogP contribution is -2.32. The summed E-state index contributed by atoms with van der Waals surface area (Å²) in [6.45, 7) is 5.50. The van der Waals surface area contributed by atoms with Gasteiger partial charge in [-0.3, -0.25) is 0 Å². The molecule has 11 heavy (non-hydrogen) atoms. The SMILES string of the molecule is CC1(C)CN(CCN)C(=O)O1. The van der Waals surface area contributed by atoms with Gasteiger partial charge in [0, 0.05) is 13.1 Å². The second-order valence-corrected chi connectivity index (χ2v) is 3.34. The fourth-order valence-electron chi connectivity index (χ4n) is 1.18. The van der Waals surface area contributed by atoms with E-state index >= 15 is 0 Å². The van der Waals surface area contributed by atoms with E-state index < -0.39 is 0 Å². The fourth-order valence-corrected chi connectivity index (χ4v) is 1.18. The van der Waals surface area contributed by atoms with Gasteiger partial charge in [-0.05, 0) is 13.8 Å². The number of hydrogen-bond donors (Lipinski definition) is 1. The summed E-state index contributed by atoms with van der Waals surface area (Å²) in [4.78, 5) is 12.7. The van der Waals surface area contributed by atoms with Gasteiger partial charge in [-0.15, -0.1) is 0 Å². The van der Waals surface area contributed by atoms with Gasteiger partial charge in [0.2, 0.25) is 0 Å². The van der Waals surface area contributed by atoms with E-state index in [1.165, 1.54) is 0 Å². The number of carbonyl (C=O) groups excluding carboxylic acids is 1. The van der Waals surface area contributed by atoms with Crippen LogP contribution in [0.25, 0.3) is 0 Å². The van der Waals surface area contributed by atoms with Crippen molar-refractivity contribution in [1.29, 1.82) is 0 Å². The lowest BCUT2D eigenvalue weighted by atomic mass is 10.1. The van der Waals surface area contributed by atoms with E-state index in [9.17, 15) is 4.79 Å². The zero-order valence-electron chi connectivity index (χ0n) is 6.96. The third-order valence-corrected chi connectivity index (χ3v) is 1.59. The molecule has 0 atom stereocenters. The van der Waals surface area contributed by atoms with E-state index in [4.69, 9.17) is 10.5 Å². The fraction of sp³-hybridized carbons (Fsp3) is 0.857. The Hall–Kier alpha value is -0.770. The summed E-state index contributed by atoms with van der Waals surface area (Å²) < 4.78 is 5.05. The van der Waals surface area contributed by atoms with Crippen molar-refractivity contribution in [3.8, 4) is 0 Å². The van der Waals surface area contributed by atoms with E-state index in [-0.39, 0.29) is 11.7 Å². The molecular formula is C7H14N2O2. The van der Waals surface area contributed by atoms with Gasteiger partial charge in [0.05, 0.1) is 6.54 Å².